The van der Waals surface area contributed by atoms with Gasteiger partial charge in [-0.3, -0.25) is 9.59 Å². The number of aliphatic carboxylic acids is 2. The van der Waals surface area contributed by atoms with E-state index in [1.54, 1.807) is 0 Å². The summed E-state index contributed by atoms with van der Waals surface area (Å²) in [4.78, 5) is 18.3. The maximum absolute atomic E-state index is 9.29. The van der Waals surface area contributed by atoms with Crippen molar-refractivity contribution in [3.8, 4) is 0 Å². The zero-order chi connectivity index (χ0) is 7.86. The van der Waals surface area contributed by atoms with Gasteiger partial charge >= 0.3 is 51.5 Å². The fraction of sp³-hybridized carbons (Fsp3) is 0.500. The molecule has 0 aliphatic rings. The van der Waals surface area contributed by atoms with Gasteiger partial charge in [-0.15, -0.1) is 0 Å². The third-order valence-electron chi connectivity index (χ3n) is 0.135. The van der Waals surface area contributed by atoms with Crippen LogP contribution < -0.4 is 12.3 Å². The summed E-state index contributed by atoms with van der Waals surface area (Å²) in [6.45, 7) is 1.08. The molecule has 0 rings (SSSR count). The SMILES string of the molecule is CC(=O)O.N.N.O=C(O)CS.[SrH2]. The summed E-state index contributed by atoms with van der Waals surface area (Å²) in [5.74, 6) is -1.80. The molecule has 0 heterocycles. The molecule has 6 nitrogen and oxygen atoms in total. The topological polar surface area (TPSA) is 145 Å². The van der Waals surface area contributed by atoms with Gasteiger partial charge in [0.15, 0.2) is 0 Å². The molecule has 0 saturated heterocycles. The summed E-state index contributed by atoms with van der Waals surface area (Å²) < 4.78 is 0. The summed E-state index contributed by atoms with van der Waals surface area (Å²) in [5.41, 5.74) is 0. The van der Waals surface area contributed by atoms with Crippen LogP contribution in [0.3, 0.4) is 0 Å². The standard InChI is InChI=1S/C2H4O2S.C2H4O2.2H3N.Sr.2H/c3-2(4)1-5;1-2(3)4;;;;;/h5H,1H2,(H,3,4);1H3,(H,3,4);2*1H3;;;. The Balaban J connectivity index is -0.0000000221. The van der Waals surface area contributed by atoms with Crippen LogP contribution in [-0.2, 0) is 9.59 Å². The number of hydrogen-bond acceptors (Lipinski definition) is 5. The molecule has 0 unspecified atom stereocenters. The van der Waals surface area contributed by atoms with Crippen LogP contribution in [0.1, 0.15) is 6.92 Å². The third kappa shape index (κ3) is 139. The summed E-state index contributed by atoms with van der Waals surface area (Å²) in [6, 6.07) is 0. The van der Waals surface area contributed by atoms with Crippen LogP contribution in [0.2, 0.25) is 0 Å². The molecule has 8 N–H and O–H groups in total. The van der Waals surface area contributed by atoms with Crippen molar-refractivity contribution in [2.75, 3.05) is 5.75 Å². The monoisotopic (exact) mass is 276 g/mol. The number of thiol groups is 1. The zero-order valence-corrected chi connectivity index (χ0v) is 7.17. The average molecular weight is 276 g/mol. The summed E-state index contributed by atoms with van der Waals surface area (Å²) in [6.07, 6.45) is 0. The van der Waals surface area contributed by atoms with Crippen molar-refractivity contribution in [2.24, 2.45) is 0 Å². The van der Waals surface area contributed by atoms with Gasteiger partial charge in [0.2, 0.25) is 0 Å². The molecule has 0 bridgehead atoms. The minimum absolute atomic E-state index is 0. The van der Waals surface area contributed by atoms with Gasteiger partial charge in [-0.1, -0.05) is 0 Å². The second-order valence-electron chi connectivity index (χ2n) is 1.07. The van der Waals surface area contributed by atoms with Crippen molar-refractivity contribution in [3.63, 3.8) is 0 Å². The summed E-state index contributed by atoms with van der Waals surface area (Å²) in [5, 5.41) is 15.1. The summed E-state index contributed by atoms with van der Waals surface area (Å²) in [7, 11) is 0. The van der Waals surface area contributed by atoms with Crippen molar-refractivity contribution in [1.82, 2.24) is 12.3 Å². The van der Waals surface area contributed by atoms with Crippen molar-refractivity contribution in [2.45, 2.75) is 6.92 Å². The quantitative estimate of drug-likeness (QED) is 0.322. The molecule has 0 fully saturated rings. The Morgan fingerprint density at radius 2 is 1.33 bits per heavy atom. The van der Waals surface area contributed by atoms with Crippen LogP contribution in [0, 0.1) is 0 Å². The van der Waals surface area contributed by atoms with Gasteiger partial charge in [0.25, 0.3) is 5.97 Å². The first-order valence-electron chi connectivity index (χ1n) is 2.03. The molecule has 0 aromatic heterocycles. The van der Waals surface area contributed by atoms with Gasteiger partial charge in [-0.05, 0) is 0 Å². The fourth-order valence-corrected chi connectivity index (χ4v) is 0. The van der Waals surface area contributed by atoms with E-state index in [4.69, 9.17) is 15.0 Å². The van der Waals surface area contributed by atoms with E-state index in [-0.39, 0.29) is 63.5 Å². The number of carbonyl (C=O) groups is 2. The van der Waals surface area contributed by atoms with E-state index in [9.17, 15) is 4.79 Å². The molecule has 74 valence electrons. The Kier molecular flexibility index (Phi) is 55.2. The van der Waals surface area contributed by atoms with Gasteiger partial charge in [-0.2, -0.15) is 12.6 Å². The minimum atomic E-state index is -0.881. The molecule has 0 atom stereocenters. The number of hydrogen-bond donors (Lipinski definition) is 5. The van der Waals surface area contributed by atoms with E-state index in [2.05, 4.69) is 12.6 Å². The molecule has 0 aromatic carbocycles. The molecule has 0 saturated carbocycles. The number of rotatable bonds is 1. The normalized spacial score (nSPS) is 5.17. The first-order chi connectivity index (χ1) is 4.00. The average Bonchev–Trinajstić information content (AvgIpc) is 1.65. The molecule has 0 spiro atoms. The molecule has 0 radical (unpaired) electrons. The second-order valence-corrected chi connectivity index (χ2v) is 1.39. The molecule has 12 heavy (non-hydrogen) atoms. The van der Waals surface area contributed by atoms with E-state index >= 15 is 0 Å². The second kappa shape index (κ2) is 22.6. The van der Waals surface area contributed by atoms with Gasteiger partial charge < -0.3 is 22.5 Å². The Morgan fingerprint density at radius 3 is 1.33 bits per heavy atom. The zero-order valence-electron chi connectivity index (χ0n) is 6.28. The molecular formula is C4H16N2O4SSr. The van der Waals surface area contributed by atoms with Gasteiger partial charge in [-0.25, -0.2) is 0 Å². The van der Waals surface area contributed by atoms with Gasteiger partial charge in [0.1, 0.15) is 0 Å². The van der Waals surface area contributed by atoms with Crippen LogP contribution >= 0.6 is 12.6 Å². The molecule has 0 amide bonds. The maximum atomic E-state index is 9.29. The van der Waals surface area contributed by atoms with E-state index < -0.39 is 11.9 Å². The van der Waals surface area contributed by atoms with Crippen molar-refractivity contribution in [1.29, 1.82) is 0 Å². The van der Waals surface area contributed by atoms with Crippen LogP contribution in [0.5, 0.6) is 0 Å². The molecule has 0 aromatic rings. The van der Waals surface area contributed by atoms with Crippen molar-refractivity contribution in [3.05, 3.63) is 0 Å². The predicted molar refractivity (Wildman–Crippen MR) is 53.4 cm³/mol. The van der Waals surface area contributed by atoms with Crippen molar-refractivity contribution >= 4 is 70.0 Å². The van der Waals surface area contributed by atoms with Crippen LogP contribution in [0.25, 0.3) is 0 Å². The van der Waals surface area contributed by atoms with Crippen LogP contribution in [0.4, 0.5) is 0 Å². The first-order valence-corrected chi connectivity index (χ1v) is 2.66. The van der Waals surface area contributed by atoms with E-state index in [0.717, 1.165) is 6.92 Å². The molecule has 0 aliphatic heterocycles. The Bertz CT molecular complexity index is 109. The van der Waals surface area contributed by atoms with E-state index in [1.807, 2.05) is 0 Å². The number of carboxylic acids is 2. The van der Waals surface area contributed by atoms with Gasteiger partial charge in [0, 0.05) is 6.92 Å². The Labute approximate surface area is 114 Å². The van der Waals surface area contributed by atoms with E-state index in [1.165, 1.54) is 0 Å². The molecule has 0 aliphatic carbocycles. The molecular weight excluding hydrogens is 260 g/mol. The number of carboxylic acid groups (broad SMARTS) is 2. The first kappa shape index (κ1) is 29.3. The predicted octanol–water partition coefficient (Wildman–Crippen LogP) is -0.500. The van der Waals surface area contributed by atoms with Gasteiger partial charge in [0.05, 0.1) is 5.75 Å². The van der Waals surface area contributed by atoms with Crippen LogP contribution in [-0.4, -0.2) is 73.4 Å². The van der Waals surface area contributed by atoms with Crippen LogP contribution in [0.15, 0.2) is 0 Å². The Morgan fingerprint density at radius 1 is 1.25 bits per heavy atom. The Hall–Kier alpha value is 0.691. The molecule has 8 heteroatoms. The van der Waals surface area contributed by atoms with E-state index in [0.29, 0.717) is 0 Å². The summed E-state index contributed by atoms with van der Waals surface area (Å²) >= 11 is 3.42. The van der Waals surface area contributed by atoms with Crippen molar-refractivity contribution < 1.29 is 19.8 Å². The third-order valence-corrected chi connectivity index (χ3v) is 0.406. The fourth-order valence-electron chi connectivity index (χ4n) is 0.